The van der Waals surface area contributed by atoms with E-state index in [0.717, 1.165) is 25.7 Å². The Balaban J connectivity index is 2.52. The molecule has 2 N–H and O–H groups in total. The van der Waals surface area contributed by atoms with Crippen LogP contribution >= 0.6 is 0 Å². The third kappa shape index (κ3) is 5.68. The molecule has 1 aliphatic rings. The normalized spacial score (nSPS) is 17.9. The number of rotatable bonds is 6. The minimum Gasteiger partial charge on any atom is -0.481 e. The zero-order valence-corrected chi connectivity index (χ0v) is 10.1. The van der Waals surface area contributed by atoms with Gasteiger partial charge in [-0.1, -0.05) is 25.7 Å². The molecule has 98 valence electrons. The van der Waals surface area contributed by atoms with Gasteiger partial charge in [-0.25, -0.2) is 0 Å². The molecule has 5 nitrogen and oxygen atoms in total. The molecule has 0 radical (unpaired) electrons. The van der Waals surface area contributed by atoms with Crippen molar-refractivity contribution in [3.05, 3.63) is 0 Å². The minimum atomic E-state index is -0.875. The lowest BCUT2D eigenvalue weighted by Crippen LogP contribution is -2.40. The van der Waals surface area contributed by atoms with Crippen molar-refractivity contribution in [3.8, 4) is 0 Å². The van der Waals surface area contributed by atoms with Crippen molar-refractivity contribution >= 4 is 11.9 Å². The van der Waals surface area contributed by atoms with Gasteiger partial charge in [-0.2, -0.15) is 0 Å². The van der Waals surface area contributed by atoms with E-state index in [9.17, 15) is 9.59 Å². The summed E-state index contributed by atoms with van der Waals surface area (Å²) in [5, 5.41) is 17.5. The Labute approximate surface area is 101 Å². The van der Waals surface area contributed by atoms with Gasteiger partial charge in [0.25, 0.3) is 0 Å². The fourth-order valence-electron chi connectivity index (χ4n) is 2.43. The van der Waals surface area contributed by atoms with Crippen molar-refractivity contribution in [2.45, 2.75) is 51.0 Å². The maximum Gasteiger partial charge on any atom is 0.317 e. The second-order valence-electron chi connectivity index (χ2n) is 4.65. The van der Waals surface area contributed by atoms with Gasteiger partial charge in [0.15, 0.2) is 0 Å². The maximum absolute atomic E-state index is 10.8. The summed E-state index contributed by atoms with van der Waals surface area (Å²) in [7, 11) is 0. The molecule has 0 aromatic heterocycles. The van der Waals surface area contributed by atoms with E-state index in [0.29, 0.717) is 6.54 Å². The quantitative estimate of drug-likeness (QED) is 0.692. The van der Waals surface area contributed by atoms with E-state index >= 15 is 0 Å². The van der Waals surface area contributed by atoms with Crippen molar-refractivity contribution in [3.63, 3.8) is 0 Å². The predicted octanol–water partition coefficient (Wildman–Crippen LogP) is 1.57. The van der Waals surface area contributed by atoms with Crippen molar-refractivity contribution in [1.82, 2.24) is 4.90 Å². The van der Waals surface area contributed by atoms with E-state index in [1.807, 2.05) is 4.90 Å². The molecule has 17 heavy (non-hydrogen) atoms. The molecule has 1 saturated carbocycles. The van der Waals surface area contributed by atoms with Crippen LogP contribution in [0, 0.1) is 0 Å². The lowest BCUT2D eigenvalue weighted by molar-refractivity contribution is -0.141. The van der Waals surface area contributed by atoms with Gasteiger partial charge in [-0.3, -0.25) is 14.5 Å². The minimum absolute atomic E-state index is 0.0176. The Morgan fingerprint density at radius 1 is 1.00 bits per heavy atom. The molecule has 1 aliphatic carbocycles. The lowest BCUT2D eigenvalue weighted by atomic mass is 10.1. The van der Waals surface area contributed by atoms with Crippen LogP contribution in [0.15, 0.2) is 0 Å². The number of aliphatic carboxylic acids is 2. The molecule has 1 fully saturated rings. The van der Waals surface area contributed by atoms with Gasteiger partial charge in [-0.05, 0) is 12.8 Å². The van der Waals surface area contributed by atoms with E-state index < -0.39 is 11.9 Å². The summed E-state index contributed by atoms with van der Waals surface area (Å²) < 4.78 is 0. The van der Waals surface area contributed by atoms with Crippen molar-refractivity contribution in [1.29, 1.82) is 0 Å². The predicted molar refractivity (Wildman–Crippen MR) is 63.0 cm³/mol. The highest BCUT2D eigenvalue weighted by Crippen LogP contribution is 2.21. The highest BCUT2D eigenvalue weighted by Gasteiger charge is 2.22. The van der Waals surface area contributed by atoms with Crippen LogP contribution in [-0.2, 0) is 9.59 Å². The number of nitrogens with zero attached hydrogens (tertiary/aromatic N) is 1. The summed E-state index contributed by atoms with van der Waals surface area (Å²) >= 11 is 0. The second-order valence-corrected chi connectivity index (χ2v) is 4.65. The third-order valence-electron chi connectivity index (χ3n) is 3.29. The fraction of sp³-hybridized carbons (Fsp3) is 0.833. The molecule has 0 spiro atoms. The van der Waals surface area contributed by atoms with Crippen LogP contribution in [0.25, 0.3) is 0 Å². The Bertz CT molecular complexity index is 259. The van der Waals surface area contributed by atoms with Gasteiger partial charge in [0, 0.05) is 12.6 Å². The van der Waals surface area contributed by atoms with Crippen molar-refractivity contribution in [2.75, 3.05) is 13.1 Å². The number of hydrogen-bond donors (Lipinski definition) is 2. The Morgan fingerprint density at radius 2 is 1.59 bits per heavy atom. The molecule has 0 aliphatic heterocycles. The monoisotopic (exact) mass is 243 g/mol. The van der Waals surface area contributed by atoms with E-state index in [1.165, 1.54) is 12.8 Å². The van der Waals surface area contributed by atoms with E-state index in [2.05, 4.69) is 0 Å². The first-order chi connectivity index (χ1) is 8.09. The third-order valence-corrected chi connectivity index (χ3v) is 3.29. The van der Waals surface area contributed by atoms with Gasteiger partial charge in [0.1, 0.15) is 0 Å². The zero-order valence-electron chi connectivity index (χ0n) is 10.1. The summed E-state index contributed by atoms with van der Waals surface area (Å²) in [5.41, 5.74) is 0. The maximum atomic E-state index is 10.8. The van der Waals surface area contributed by atoms with Crippen LogP contribution < -0.4 is 0 Å². The van der Waals surface area contributed by atoms with Crippen molar-refractivity contribution < 1.29 is 19.8 Å². The molecule has 0 saturated heterocycles. The topological polar surface area (TPSA) is 77.8 Å². The SMILES string of the molecule is O=C(O)CCN(CC(=O)O)C1CCCCCC1. The summed E-state index contributed by atoms with van der Waals surface area (Å²) in [4.78, 5) is 23.2. The lowest BCUT2D eigenvalue weighted by Gasteiger charge is -2.29. The molecular weight excluding hydrogens is 222 g/mol. The second kappa shape index (κ2) is 7.27. The molecule has 0 aromatic carbocycles. The van der Waals surface area contributed by atoms with E-state index in [1.54, 1.807) is 0 Å². The average molecular weight is 243 g/mol. The summed E-state index contributed by atoms with van der Waals surface area (Å²) in [5.74, 6) is -1.74. The molecule has 0 atom stereocenters. The van der Waals surface area contributed by atoms with Crippen LogP contribution in [0.2, 0.25) is 0 Å². The Kier molecular flexibility index (Phi) is 5.97. The smallest absolute Gasteiger partial charge is 0.317 e. The van der Waals surface area contributed by atoms with Crippen LogP contribution in [0.4, 0.5) is 0 Å². The summed E-state index contributed by atoms with van der Waals surface area (Å²) in [6, 6.07) is 0.243. The van der Waals surface area contributed by atoms with E-state index in [4.69, 9.17) is 10.2 Å². The average Bonchev–Trinajstić information content (AvgIpc) is 2.51. The summed E-state index contributed by atoms with van der Waals surface area (Å²) in [6.45, 7) is 0.296. The molecule has 0 amide bonds. The van der Waals surface area contributed by atoms with Crippen LogP contribution in [0.3, 0.4) is 0 Å². The molecule has 1 rings (SSSR count). The highest BCUT2D eigenvalue weighted by molar-refractivity contribution is 5.69. The molecule has 0 unspecified atom stereocenters. The highest BCUT2D eigenvalue weighted by atomic mass is 16.4. The largest absolute Gasteiger partial charge is 0.481 e. The molecular formula is C12H21NO4. The van der Waals surface area contributed by atoms with Crippen LogP contribution in [0.1, 0.15) is 44.9 Å². The summed E-state index contributed by atoms with van der Waals surface area (Å²) in [6.07, 6.45) is 6.65. The number of carboxylic acid groups (broad SMARTS) is 2. The first-order valence-corrected chi connectivity index (χ1v) is 6.27. The Hall–Kier alpha value is -1.10. The first kappa shape index (κ1) is 14.0. The van der Waals surface area contributed by atoms with Gasteiger partial charge >= 0.3 is 11.9 Å². The number of carboxylic acids is 2. The first-order valence-electron chi connectivity index (χ1n) is 6.27. The van der Waals surface area contributed by atoms with Gasteiger partial charge < -0.3 is 10.2 Å². The van der Waals surface area contributed by atoms with Gasteiger partial charge in [0.05, 0.1) is 13.0 Å². The van der Waals surface area contributed by atoms with Crippen LogP contribution in [-0.4, -0.2) is 46.2 Å². The Morgan fingerprint density at radius 3 is 2.06 bits per heavy atom. The molecule has 5 heteroatoms. The molecule has 0 heterocycles. The zero-order chi connectivity index (χ0) is 12.7. The van der Waals surface area contributed by atoms with Crippen molar-refractivity contribution in [2.24, 2.45) is 0 Å². The molecule has 0 bridgehead atoms. The van der Waals surface area contributed by atoms with Gasteiger partial charge in [-0.15, -0.1) is 0 Å². The number of hydrogen-bond acceptors (Lipinski definition) is 3. The van der Waals surface area contributed by atoms with E-state index in [-0.39, 0.29) is 19.0 Å². The standard InChI is InChI=1S/C12H21NO4/c14-11(15)7-8-13(9-12(16)17)10-5-3-1-2-4-6-10/h10H,1-9H2,(H,14,15)(H,16,17). The molecule has 0 aromatic rings. The number of carbonyl (C=O) groups is 2. The van der Waals surface area contributed by atoms with Gasteiger partial charge in [0.2, 0.25) is 0 Å². The van der Waals surface area contributed by atoms with Crippen LogP contribution in [0.5, 0.6) is 0 Å². The fourth-order valence-corrected chi connectivity index (χ4v) is 2.43.